The van der Waals surface area contributed by atoms with Crippen LogP contribution >= 0.6 is 0 Å². The molecule has 1 N–H and O–H groups in total. The van der Waals surface area contributed by atoms with Crippen LogP contribution in [0.2, 0.25) is 0 Å². The third-order valence-electron chi connectivity index (χ3n) is 5.21. The van der Waals surface area contributed by atoms with E-state index in [0.717, 1.165) is 6.04 Å². The summed E-state index contributed by atoms with van der Waals surface area (Å²) in [6, 6.07) is 11.6. The van der Waals surface area contributed by atoms with E-state index in [4.69, 9.17) is 0 Å². The second-order valence-corrected chi connectivity index (χ2v) is 7.07. The van der Waals surface area contributed by atoms with Crippen molar-refractivity contribution in [3.63, 3.8) is 0 Å². The Morgan fingerprint density at radius 2 is 2.05 bits per heavy atom. The van der Waals surface area contributed by atoms with Crippen molar-refractivity contribution in [3.8, 4) is 0 Å². The van der Waals surface area contributed by atoms with Crippen molar-refractivity contribution in [2.75, 3.05) is 26.2 Å². The predicted molar refractivity (Wildman–Crippen MR) is 85.0 cm³/mol. The van der Waals surface area contributed by atoms with Gasteiger partial charge in [0.25, 0.3) is 0 Å². The number of likely N-dealkylation sites (tertiary alicyclic amines) is 1. The smallest absolute Gasteiger partial charge is 0.0207 e. The minimum Gasteiger partial charge on any atom is -0.312 e. The molecule has 2 nitrogen and oxygen atoms in total. The van der Waals surface area contributed by atoms with Crippen LogP contribution in [-0.2, 0) is 6.42 Å². The topological polar surface area (TPSA) is 15.3 Å². The average Bonchev–Trinajstić information content (AvgIpc) is 2.90. The van der Waals surface area contributed by atoms with Gasteiger partial charge in [-0.05, 0) is 43.2 Å². The number of benzene rings is 1. The van der Waals surface area contributed by atoms with Crippen molar-refractivity contribution in [3.05, 3.63) is 35.9 Å². The van der Waals surface area contributed by atoms with E-state index in [2.05, 4.69) is 47.5 Å². The minimum atomic E-state index is 0.609. The van der Waals surface area contributed by atoms with Crippen LogP contribution < -0.4 is 5.32 Å². The first-order valence-electron chi connectivity index (χ1n) is 8.23. The SMILES string of the molecule is CC1(CNC2CCN(CCc3ccccc3)C2)CCC1. The molecule has 1 aromatic carbocycles. The van der Waals surface area contributed by atoms with Gasteiger partial charge in [-0.2, -0.15) is 0 Å². The molecule has 1 aliphatic heterocycles. The highest BCUT2D eigenvalue weighted by atomic mass is 15.2. The molecule has 1 atom stereocenters. The molecule has 0 bridgehead atoms. The van der Waals surface area contributed by atoms with E-state index in [1.54, 1.807) is 0 Å². The fraction of sp³-hybridized carbons (Fsp3) is 0.667. The monoisotopic (exact) mass is 272 g/mol. The molecular formula is C18H28N2. The van der Waals surface area contributed by atoms with E-state index in [0.29, 0.717) is 5.41 Å². The third-order valence-corrected chi connectivity index (χ3v) is 5.21. The van der Waals surface area contributed by atoms with Crippen LogP contribution in [0, 0.1) is 5.41 Å². The molecule has 0 spiro atoms. The van der Waals surface area contributed by atoms with Gasteiger partial charge in [-0.3, -0.25) is 0 Å². The molecule has 0 aromatic heterocycles. The predicted octanol–water partition coefficient (Wildman–Crippen LogP) is 3.08. The van der Waals surface area contributed by atoms with Gasteiger partial charge in [0.2, 0.25) is 0 Å². The Bertz CT molecular complexity index is 411. The maximum absolute atomic E-state index is 3.81. The lowest BCUT2D eigenvalue weighted by Crippen LogP contribution is -2.43. The summed E-state index contributed by atoms with van der Waals surface area (Å²) in [5.41, 5.74) is 2.07. The number of hydrogen-bond donors (Lipinski definition) is 1. The summed E-state index contributed by atoms with van der Waals surface area (Å²) in [5.74, 6) is 0. The van der Waals surface area contributed by atoms with Crippen LogP contribution in [0.15, 0.2) is 30.3 Å². The Morgan fingerprint density at radius 3 is 2.75 bits per heavy atom. The van der Waals surface area contributed by atoms with Gasteiger partial charge in [0.15, 0.2) is 0 Å². The quantitative estimate of drug-likeness (QED) is 0.856. The van der Waals surface area contributed by atoms with E-state index in [1.807, 2.05) is 0 Å². The molecular weight excluding hydrogens is 244 g/mol. The standard InChI is InChI=1S/C18H28N2/c1-18(10-5-11-18)15-19-17-9-13-20(14-17)12-8-16-6-3-2-4-7-16/h2-4,6-7,17,19H,5,8-15H2,1H3. The van der Waals surface area contributed by atoms with Crippen molar-refractivity contribution in [2.24, 2.45) is 5.41 Å². The summed E-state index contributed by atoms with van der Waals surface area (Å²) >= 11 is 0. The minimum absolute atomic E-state index is 0.609. The lowest BCUT2D eigenvalue weighted by atomic mass is 9.70. The first-order valence-corrected chi connectivity index (χ1v) is 8.23. The highest BCUT2D eigenvalue weighted by Gasteiger charge is 2.32. The maximum atomic E-state index is 3.81. The molecule has 0 radical (unpaired) electrons. The molecule has 1 saturated heterocycles. The van der Waals surface area contributed by atoms with Gasteiger partial charge >= 0.3 is 0 Å². The van der Waals surface area contributed by atoms with E-state index >= 15 is 0 Å². The van der Waals surface area contributed by atoms with Crippen LogP contribution in [-0.4, -0.2) is 37.1 Å². The summed E-state index contributed by atoms with van der Waals surface area (Å²) in [6.07, 6.45) is 6.79. The van der Waals surface area contributed by atoms with E-state index in [-0.39, 0.29) is 0 Å². The molecule has 1 unspecified atom stereocenters. The largest absolute Gasteiger partial charge is 0.312 e. The van der Waals surface area contributed by atoms with E-state index in [1.165, 1.54) is 63.8 Å². The highest BCUT2D eigenvalue weighted by molar-refractivity contribution is 5.14. The highest BCUT2D eigenvalue weighted by Crippen LogP contribution is 2.39. The van der Waals surface area contributed by atoms with Gasteiger partial charge in [0.05, 0.1) is 0 Å². The second kappa shape index (κ2) is 6.28. The summed E-state index contributed by atoms with van der Waals surface area (Å²) in [6.45, 7) is 7.37. The number of nitrogens with one attached hydrogen (secondary N) is 1. The zero-order valence-electron chi connectivity index (χ0n) is 12.8. The Hall–Kier alpha value is -0.860. The lowest BCUT2D eigenvalue weighted by Gasteiger charge is -2.39. The fourth-order valence-electron chi connectivity index (χ4n) is 3.48. The maximum Gasteiger partial charge on any atom is 0.0207 e. The van der Waals surface area contributed by atoms with Crippen LogP contribution in [0.1, 0.15) is 38.2 Å². The molecule has 110 valence electrons. The number of hydrogen-bond acceptors (Lipinski definition) is 2. The van der Waals surface area contributed by atoms with Crippen LogP contribution in [0.5, 0.6) is 0 Å². The second-order valence-electron chi connectivity index (χ2n) is 7.07. The van der Waals surface area contributed by atoms with Gasteiger partial charge in [-0.1, -0.05) is 43.7 Å². The van der Waals surface area contributed by atoms with Gasteiger partial charge in [-0.25, -0.2) is 0 Å². The van der Waals surface area contributed by atoms with Gasteiger partial charge in [-0.15, -0.1) is 0 Å². The van der Waals surface area contributed by atoms with Crippen molar-refractivity contribution in [2.45, 2.75) is 45.1 Å². The third kappa shape index (κ3) is 3.62. The molecule has 1 aromatic rings. The number of nitrogens with zero attached hydrogens (tertiary/aromatic N) is 1. The Labute approximate surface area is 123 Å². The molecule has 2 aliphatic rings. The van der Waals surface area contributed by atoms with Crippen molar-refractivity contribution < 1.29 is 0 Å². The average molecular weight is 272 g/mol. The first-order chi connectivity index (χ1) is 9.73. The van der Waals surface area contributed by atoms with Gasteiger partial charge in [0, 0.05) is 25.7 Å². The van der Waals surface area contributed by atoms with E-state index < -0.39 is 0 Å². The first kappa shape index (κ1) is 14.1. The van der Waals surface area contributed by atoms with Crippen molar-refractivity contribution >= 4 is 0 Å². The molecule has 1 heterocycles. The summed E-state index contributed by atoms with van der Waals surface area (Å²) < 4.78 is 0. The summed E-state index contributed by atoms with van der Waals surface area (Å²) in [5, 5.41) is 3.81. The zero-order chi connectivity index (χ0) is 13.8. The van der Waals surface area contributed by atoms with E-state index in [9.17, 15) is 0 Å². The molecule has 1 saturated carbocycles. The Balaban J connectivity index is 1.36. The number of rotatable bonds is 6. The van der Waals surface area contributed by atoms with Gasteiger partial charge in [0.1, 0.15) is 0 Å². The van der Waals surface area contributed by atoms with Crippen LogP contribution in [0.25, 0.3) is 0 Å². The molecule has 1 aliphatic carbocycles. The molecule has 2 heteroatoms. The summed E-state index contributed by atoms with van der Waals surface area (Å²) in [4.78, 5) is 2.62. The van der Waals surface area contributed by atoms with Crippen molar-refractivity contribution in [1.29, 1.82) is 0 Å². The Kier molecular flexibility index (Phi) is 4.42. The summed E-state index contributed by atoms with van der Waals surface area (Å²) in [7, 11) is 0. The van der Waals surface area contributed by atoms with Crippen LogP contribution in [0.4, 0.5) is 0 Å². The molecule has 0 amide bonds. The van der Waals surface area contributed by atoms with Gasteiger partial charge < -0.3 is 10.2 Å². The molecule has 20 heavy (non-hydrogen) atoms. The molecule has 3 rings (SSSR count). The lowest BCUT2D eigenvalue weighted by molar-refractivity contribution is 0.150. The van der Waals surface area contributed by atoms with Crippen molar-refractivity contribution in [1.82, 2.24) is 10.2 Å². The molecule has 2 fully saturated rings. The normalized spacial score (nSPS) is 25.6. The fourth-order valence-corrected chi connectivity index (χ4v) is 3.48. The zero-order valence-corrected chi connectivity index (χ0v) is 12.8. The van der Waals surface area contributed by atoms with Crippen LogP contribution in [0.3, 0.4) is 0 Å². The Morgan fingerprint density at radius 1 is 1.25 bits per heavy atom.